The number of carbonyl (C=O) groups excluding carboxylic acids is 1. The zero-order valence-electron chi connectivity index (χ0n) is 11.0. The molecule has 8 heteroatoms. The number of halogens is 4. The molecule has 0 saturated heterocycles. The smallest absolute Gasteiger partial charge is 0.416 e. The number of nitrogens with one attached hydrogen (secondary N) is 1. The molecule has 0 fully saturated rings. The minimum atomic E-state index is -4.54. The number of carboxylic acid groups (broad SMARTS) is 1. The molecular formula is C13H13BrF3NO3. The SMILES string of the molecule is CC(CCC(=O)O)NC(=O)c1cc(C(F)(F)F)ccc1Br. The van der Waals surface area contributed by atoms with Gasteiger partial charge in [0.15, 0.2) is 0 Å². The lowest BCUT2D eigenvalue weighted by atomic mass is 10.1. The fourth-order valence-electron chi connectivity index (χ4n) is 1.59. The summed E-state index contributed by atoms with van der Waals surface area (Å²) in [6.07, 6.45) is -4.48. The van der Waals surface area contributed by atoms with Crippen LogP contribution < -0.4 is 5.32 Å². The molecule has 4 nitrogen and oxygen atoms in total. The fraction of sp³-hybridized carbons (Fsp3) is 0.385. The van der Waals surface area contributed by atoms with Gasteiger partial charge in [-0.2, -0.15) is 13.2 Å². The Balaban J connectivity index is 2.84. The second kappa shape index (κ2) is 6.93. The Labute approximate surface area is 127 Å². The van der Waals surface area contributed by atoms with E-state index in [0.717, 1.165) is 18.2 Å². The lowest BCUT2D eigenvalue weighted by Gasteiger charge is -2.15. The molecular weight excluding hydrogens is 355 g/mol. The molecule has 0 aliphatic heterocycles. The van der Waals surface area contributed by atoms with Crippen LogP contribution in [0.5, 0.6) is 0 Å². The number of carboxylic acids is 1. The van der Waals surface area contributed by atoms with E-state index in [-0.39, 0.29) is 22.9 Å². The Morgan fingerprint density at radius 3 is 2.52 bits per heavy atom. The molecule has 0 saturated carbocycles. The molecule has 1 unspecified atom stereocenters. The predicted octanol–water partition coefficient (Wildman–Crippen LogP) is 3.45. The van der Waals surface area contributed by atoms with Crippen LogP contribution in [0.25, 0.3) is 0 Å². The van der Waals surface area contributed by atoms with Crippen molar-refractivity contribution in [1.82, 2.24) is 5.32 Å². The number of rotatable bonds is 5. The number of hydrogen-bond acceptors (Lipinski definition) is 2. The van der Waals surface area contributed by atoms with Crippen molar-refractivity contribution in [2.45, 2.75) is 32.0 Å². The Bertz CT molecular complexity index is 546. The number of aliphatic carboxylic acids is 1. The minimum Gasteiger partial charge on any atom is -0.481 e. The van der Waals surface area contributed by atoms with E-state index >= 15 is 0 Å². The standard InChI is InChI=1S/C13H13BrF3NO3/c1-7(2-5-11(19)20)18-12(21)9-6-8(13(15,16)17)3-4-10(9)14/h3-4,6-7H,2,5H2,1H3,(H,18,21)(H,19,20). The van der Waals surface area contributed by atoms with Crippen molar-refractivity contribution in [3.63, 3.8) is 0 Å². The van der Waals surface area contributed by atoms with Crippen molar-refractivity contribution in [2.75, 3.05) is 0 Å². The molecule has 0 aromatic heterocycles. The van der Waals surface area contributed by atoms with Crippen LogP contribution in [-0.4, -0.2) is 23.0 Å². The van der Waals surface area contributed by atoms with Gasteiger partial charge in [-0.15, -0.1) is 0 Å². The fourth-order valence-corrected chi connectivity index (χ4v) is 2.02. The van der Waals surface area contributed by atoms with Gasteiger partial charge in [0.25, 0.3) is 5.91 Å². The van der Waals surface area contributed by atoms with Gasteiger partial charge < -0.3 is 10.4 Å². The molecule has 0 heterocycles. The Morgan fingerprint density at radius 1 is 1.38 bits per heavy atom. The highest BCUT2D eigenvalue weighted by atomic mass is 79.9. The van der Waals surface area contributed by atoms with E-state index in [2.05, 4.69) is 21.2 Å². The first kappa shape index (κ1) is 17.5. The second-order valence-electron chi connectivity index (χ2n) is 4.50. The molecule has 0 aliphatic carbocycles. The van der Waals surface area contributed by atoms with Crippen LogP contribution in [0.2, 0.25) is 0 Å². The van der Waals surface area contributed by atoms with Crippen molar-refractivity contribution in [1.29, 1.82) is 0 Å². The average Bonchev–Trinajstić information content (AvgIpc) is 2.35. The van der Waals surface area contributed by atoms with Crippen LogP contribution in [-0.2, 0) is 11.0 Å². The molecule has 2 N–H and O–H groups in total. The third kappa shape index (κ3) is 5.37. The summed E-state index contributed by atoms with van der Waals surface area (Å²) in [5.41, 5.74) is -1.07. The van der Waals surface area contributed by atoms with E-state index in [0.29, 0.717) is 0 Å². The number of benzene rings is 1. The van der Waals surface area contributed by atoms with Gasteiger partial charge in [-0.3, -0.25) is 9.59 Å². The third-order valence-corrected chi connectivity index (χ3v) is 3.40. The molecule has 0 aliphatic rings. The zero-order chi connectivity index (χ0) is 16.2. The van der Waals surface area contributed by atoms with Gasteiger partial charge in [0.05, 0.1) is 11.1 Å². The van der Waals surface area contributed by atoms with E-state index in [9.17, 15) is 22.8 Å². The molecule has 1 rings (SSSR count). The quantitative estimate of drug-likeness (QED) is 0.837. The molecule has 116 valence electrons. The van der Waals surface area contributed by atoms with Crippen LogP contribution in [0.15, 0.2) is 22.7 Å². The minimum absolute atomic E-state index is 0.134. The predicted molar refractivity (Wildman–Crippen MR) is 72.9 cm³/mol. The van der Waals surface area contributed by atoms with Crippen LogP contribution in [0, 0.1) is 0 Å². The highest BCUT2D eigenvalue weighted by Crippen LogP contribution is 2.31. The van der Waals surface area contributed by atoms with Crippen molar-refractivity contribution < 1.29 is 27.9 Å². The van der Waals surface area contributed by atoms with Gasteiger partial charge >= 0.3 is 12.1 Å². The molecule has 1 atom stereocenters. The van der Waals surface area contributed by atoms with Crippen LogP contribution in [0.3, 0.4) is 0 Å². The first-order valence-corrected chi connectivity index (χ1v) is 6.80. The Hall–Kier alpha value is -1.57. The first-order chi connectivity index (χ1) is 9.61. The number of amides is 1. The summed E-state index contributed by atoms with van der Waals surface area (Å²) >= 11 is 3.03. The maximum Gasteiger partial charge on any atom is 0.416 e. The number of hydrogen-bond donors (Lipinski definition) is 2. The second-order valence-corrected chi connectivity index (χ2v) is 5.35. The molecule has 0 radical (unpaired) electrons. The van der Waals surface area contributed by atoms with Gasteiger partial charge in [-0.25, -0.2) is 0 Å². The van der Waals surface area contributed by atoms with E-state index in [1.54, 1.807) is 6.92 Å². The normalized spacial score (nSPS) is 12.8. The largest absolute Gasteiger partial charge is 0.481 e. The van der Waals surface area contributed by atoms with E-state index in [4.69, 9.17) is 5.11 Å². The van der Waals surface area contributed by atoms with E-state index in [1.807, 2.05) is 0 Å². The highest BCUT2D eigenvalue weighted by molar-refractivity contribution is 9.10. The monoisotopic (exact) mass is 367 g/mol. The zero-order valence-corrected chi connectivity index (χ0v) is 12.6. The summed E-state index contributed by atoms with van der Waals surface area (Å²) in [4.78, 5) is 22.4. The summed E-state index contributed by atoms with van der Waals surface area (Å²) in [6.45, 7) is 1.59. The van der Waals surface area contributed by atoms with Gasteiger partial charge in [0, 0.05) is 16.9 Å². The van der Waals surface area contributed by atoms with Gasteiger partial charge in [0.2, 0.25) is 0 Å². The molecule has 0 bridgehead atoms. The molecule has 1 aromatic rings. The lowest BCUT2D eigenvalue weighted by Crippen LogP contribution is -2.33. The molecule has 1 aromatic carbocycles. The highest BCUT2D eigenvalue weighted by Gasteiger charge is 2.31. The van der Waals surface area contributed by atoms with Gasteiger partial charge in [-0.1, -0.05) is 0 Å². The number of carbonyl (C=O) groups is 2. The lowest BCUT2D eigenvalue weighted by molar-refractivity contribution is -0.138. The maximum absolute atomic E-state index is 12.6. The van der Waals surface area contributed by atoms with Crippen molar-refractivity contribution in [2.24, 2.45) is 0 Å². The van der Waals surface area contributed by atoms with Crippen LogP contribution in [0.1, 0.15) is 35.7 Å². The van der Waals surface area contributed by atoms with Crippen LogP contribution in [0.4, 0.5) is 13.2 Å². The molecule has 21 heavy (non-hydrogen) atoms. The van der Waals surface area contributed by atoms with Crippen LogP contribution >= 0.6 is 15.9 Å². The topological polar surface area (TPSA) is 66.4 Å². The first-order valence-electron chi connectivity index (χ1n) is 6.00. The Kier molecular flexibility index (Phi) is 5.77. The maximum atomic E-state index is 12.6. The van der Waals surface area contributed by atoms with E-state index < -0.39 is 29.7 Å². The Morgan fingerprint density at radius 2 is 2.00 bits per heavy atom. The van der Waals surface area contributed by atoms with Gasteiger partial charge in [0.1, 0.15) is 0 Å². The van der Waals surface area contributed by atoms with Gasteiger partial charge in [-0.05, 0) is 47.5 Å². The third-order valence-electron chi connectivity index (χ3n) is 2.71. The van der Waals surface area contributed by atoms with Crippen molar-refractivity contribution in [3.05, 3.63) is 33.8 Å². The summed E-state index contributed by atoms with van der Waals surface area (Å²) < 4.78 is 38.1. The summed E-state index contributed by atoms with van der Waals surface area (Å²) in [5.74, 6) is -1.69. The summed E-state index contributed by atoms with van der Waals surface area (Å²) in [5, 5.41) is 11.0. The summed E-state index contributed by atoms with van der Waals surface area (Å²) in [7, 11) is 0. The molecule has 0 spiro atoms. The van der Waals surface area contributed by atoms with Crippen molar-refractivity contribution in [3.8, 4) is 0 Å². The number of alkyl halides is 3. The van der Waals surface area contributed by atoms with Crippen molar-refractivity contribution >= 4 is 27.8 Å². The summed E-state index contributed by atoms with van der Waals surface area (Å²) in [6, 6.07) is 2.31. The average molecular weight is 368 g/mol. The molecule has 1 amide bonds. The van der Waals surface area contributed by atoms with E-state index in [1.165, 1.54) is 0 Å².